The van der Waals surface area contributed by atoms with E-state index in [1.165, 1.54) is 4.90 Å². The predicted molar refractivity (Wildman–Crippen MR) is 123 cm³/mol. The van der Waals surface area contributed by atoms with E-state index < -0.39 is 12.1 Å². The molecule has 1 aliphatic heterocycles. The van der Waals surface area contributed by atoms with Crippen molar-refractivity contribution in [1.82, 2.24) is 9.80 Å². The zero-order chi connectivity index (χ0) is 22.3. The Balaban J connectivity index is 1.57. The SMILES string of the molecule is C[C@@H](c1ccccc1)N1C=CN(C(=O)OCc2ccccc2)[C@H](Cc2ccccc2)C1=O. The van der Waals surface area contributed by atoms with Gasteiger partial charge in [0, 0.05) is 18.8 Å². The number of hydrogen-bond acceptors (Lipinski definition) is 3. The van der Waals surface area contributed by atoms with Crippen molar-refractivity contribution >= 4 is 12.0 Å². The summed E-state index contributed by atoms with van der Waals surface area (Å²) in [7, 11) is 0. The second-order valence-corrected chi connectivity index (χ2v) is 7.78. The van der Waals surface area contributed by atoms with E-state index in [-0.39, 0.29) is 18.6 Å². The topological polar surface area (TPSA) is 49.9 Å². The maximum Gasteiger partial charge on any atom is 0.414 e. The molecule has 2 atom stereocenters. The number of carbonyl (C=O) groups is 2. The van der Waals surface area contributed by atoms with Crippen LogP contribution < -0.4 is 0 Å². The molecular weight excluding hydrogens is 400 g/mol. The van der Waals surface area contributed by atoms with E-state index in [1.54, 1.807) is 17.3 Å². The normalized spacial score (nSPS) is 16.7. The Labute approximate surface area is 188 Å². The molecular formula is C27H26N2O3. The number of rotatable bonds is 6. The van der Waals surface area contributed by atoms with Gasteiger partial charge in [-0.1, -0.05) is 91.0 Å². The van der Waals surface area contributed by atoms with Gasteiger partial charge in [0.05, 0.1) is 6.04 Å². The van der Waals surface area contributed by atoms with Crippen molar-refractivity contribution in [3.8, 4) is 0 Å². The molecule has 3 aromatic rings. The van der Waals surface area contributed by atoms with Crippen molar-refractivity contribution in [2.75, 3.05) is 0 Å². The van der Waals surface area contributed by atoms with E-state index in [4.69, 9.17) is 4.74 Å². The maximum absolute atomic E-state index is 13.6. The summed E-state index contributed by atoms with van der Waals surface area (Å²) < 4.78 is 5.53. The van der Waals surface area contributed by atoms with Gasteiger partial charge < -0.3 is 9.64 Å². The van der Waals surface area contributed by atoms with Gasteiger partial charge in [0.1, 0.15) is 12.6 Å². The van der Waals surface area contributed by atoms with Gasteiger partial charge in [-0.3, -0.25) is 9.69 Å². The van der Waals surface area contributed by atoms with Crippen LogP contribution in [0, 0.1) is 0 Å². The average molecular weight is 427 g/mol. The second kappa shape index (κ2) is 9.96. The van der Waals surface area contributed by atoms with Gasteiger partial charge in [-0.2, -0.15) is 0 Å². The molecule has 0 aliphatic carbocycles. The van der Waals surface area contributed by atoms with E-state index in [2.05, 4.69) is 0 Å². The zero-order valence-corrected chi connectivity index (χ0v) is 18.0. The first kappa shape index (κ1) is 21.4. The number of carbonyl (C=O) groups excluding carboxylic acids is 2. The monoisotopic (exact) mass is 426 g/mol. The lowest BCUT2D eigenvalue weighted by atomic mass is 10.0. The Hall–Kier alpha value is -3.86. The Morgan fingerprint density at radius 3 is 2.03 bits per heavy atom. The first-order valence-electron chi connectivity index (χ1n) is 10.7. The fourth-order valence-electron chi connectivity index (χ4n) is 3.83. The van der Waals surface area contributed by atoms with Gasteiger partial charge in [-0.25, -0.2) is 4.79 Å². The lowest BCUT2D eigenvalue weighted by molar-refractivity contribution is -0.136. The summed E-state index contributed by atoms with van der Waals surface area (Å²) in [5.41, 5.74) is 2.91. The van der Waals surface area contributed by atoms with Crippen LogP contribution in [0.2, 0.25) is 0 Å². The molecule has 0 N–H and O–H groups in total. The van der Waals surface area contributed by atoms with Crippen molar-refractivity contribution in [1.29, 1.82) is 0 Å². The van der Waals surface area contributed by atoms with E-state index >= 15 is 0 Å². The highest BCUT2D eigenvalue weighted by Gasteiger charge is 2.37. The van der Waals surface area contributed by atoms with E-state index in [9.17, 15) is 9.59 Å². The molecule has 4 rings (SSSR count). The van der Waals surface area contributed by atoms with Crippen LogP contribution in [0.15, 0.2) is 103 Å². The van der Waals surface area contributed by atoms with Crippen LogP contribution in [0.4, 0.5) is 4.79 Å². The standard InChI is InChI=1S/C27H26N2O3/c1-21(24-15-9-4-10-16-24)28-17-18-29(27(31)32-20-23-13-7-3-8-14-23)25(26(28)30)19-22-11-5-2-6-12-22/h2-18,21,25H,19-20H2,1H3/t21-,25+/m0/s1. The molecule has 0 saturated heterocycles. The molecule has 3 aromatic carbocycles. The fourth-order valence-corrected chi connectivity index (χ4v) is 3.83. The lowest BCUT2D eigenvalue weighted by Crippen LogP contribution is -2.52. The molecule has 0 unspecified atom stereocenters. The van der Waals surface area contributed by atoms with Crippen LogP contribution >= 0.6 is 0 Å². The minimum Gasteiger partial charge on any atom is -0.444 e. The number of nitrogens with zero attached hydrogens (tertiary/aromatic N) is 2. The van der Waals surface area contributed by atoms with Gasteiger partial charge in [-0.05, 0) is 23.6 Å². The second-order valence-electron chi connectivity index (χ2n) is 7.78. The quantitative estimate of drug-likeness (QED) is 0.537. The highest BCUT2D eigenvalue weighted by molar-refractivity contribution is 5.89. The van der Waals surface area contributed by atoms with Crippen LogP contribution in [0.25, 0.3) is 0 Å². The summed E-state index contributed by atoms with van der Waals surface area (Å²) in [4.78, 5) is 29.6. The summed E-state index contributed by atoms with van der Waals surface area (Å²) in [5.74, 6) is -0.135. The molecule has 1 heterocycles. The van der Waals surface area contributed by atoms with Crippen LogP contribution in [0.5, 0.6) is 0 Å². The minimum atomic E-state index is -0.683. The maximum atomic E-state index is 13.6. The third-order valence-electron chi connectivity index (χ3n) is 5.65. The molecule has 0 aromatic heterocycles. The van der Waals surface area contributed by atoms with Gasteiger partial charge >= 0.3 is 6.09 Å². The zero-order valence-electron chi connectivity index (χ0n) is 18.0. The van der Waals surface area contributed by atoms with Crippen LogP contribution in [-0.2, 0) is 22.6 Å². The molecule has 0 fully saturated rings. The highest BCUT2D eigenvalue weighted by atomic mass is 16.6. The molecule has 1 aliphatic rings. The van der Waals surface area contributed by atoms with Crippen LogP contribution in [0.3, 0.4) is 0 Å². The fraction of sp³-hybridized carbons (Fsp3) is 0.185. The summed E-state index contributed by atoms with van der Waals surface area (Å²) in [6, 6.07) is 28.2. The lowest BCUT2D eigenvalue weighted by Gasteiger charge is -2.38. The van der Waals surface area contributed by atoms with Gasteiger partial charge in [0.25, 0.3) is 5.91 Å². The molecule has 0 bridgehead atoms. The number of benzene rings is 3. The summed E-state index contributed by atoms with van der Waals surface area (Å²) in [6.07, 6.45) is 3.20. The third kappa shape index (κ3) is 4.89. The van der Waals surface area contributed by atoms with Gasteiger partial charge in [-0.15, -0.1) is 0 Å². The third-order valence-corrected chi connectivity index (χ3v) is 5.65. The molecule has 5 heteroatoms. The first-order valence-corrected chi connectivity index (χ1v) is 10.7. The Kier molecular flexibility index (Phi) is 6.66. The van der Waals surface area contributed by atoms with E-state index in [0.717, 1.165) is 16.7 Å². The van der Waals surface area contributed by atoms with Crippen molar-refractivity contribution in [3.05, 3.63) is 120 Å². The van der Waals surface area contributed by atoms with Crippen molar-refractivity contribution in [2.45, 2.75) is 32.0 Å². The molecule has 5 nitrogen and oxygen atoms in total. The predicted octanol–water partition coefficient (Wildman–Crippen LogP) is 5.31. The Morgan fingerprint density at radius 2 is 1.41 bits per heavy atom. The summed E-state index contributed by atoms with van der Waals surface area (Å²) >= 11 is 0. The Morgan fingerprint density at radius 1 is 0.844 bits per heavy atom. The minimum absolute atomic E-state index is 0.135. The molecule has 0 radical (unpaired) electrons. The van der Waals surface area contributed by atoms with Crippen molar-refractivity contribution in [2.24, 2.45) is 0 Å². The van der Waals surface area contributed by atoms with Crippen LogP contribution in [-0.4, -0.2) is 27.8 Å². The largest absolute Gasteiger partial charge is 0.444 e. The van der Waals surface area contributed by atoms with E-state index in [0.29, 0.717) is 6.42 Å². The Bertz CT molecular complexity index is 1070. The summed E-state index contributed by atoms with van der Waals surface area (Å²) in [6.45, 7) is 2.14. The smallest absolute Gasteiger partial charge is 0.414 e. The highest BCUT2D eigenvalue weighted by Crippen LogP contribution is 2.27. The molecule has 0 saturated carbocycles. The number of amides is 2. The molecule has 0 spiro atoms. The number of hydrogen-bond donors (Lipinski definition) is 0. The van der Waals surface area contributed by atoms with Crippen molar-refractivity contribution < 1.29 is 14.3 Å². The van der Waals surface area contributed by atoms with Crippen LogP contribution in [0.1, 0.15) is 29.7 Å². The average Bonchev–Trinajstić information content (AvgIpc) is 2.85. The van der Waals surface area contributed by atoms with Crippen molar-refractivity contribution in [3.63, 3.8) is 0 Å². The molecule has 32 heavy (non-hydrogen) atoms. The van der Waals surface area contributed by atoms with Gasteiger partial charge in [0.2, 0.25) is 0 Å². The number of ether oxygens (including phenoxy) is 1. The summed E-state index contributed by atoms with van der Waals surface area (Å²) in [5, 5.41) is 0. The van der Waals surface area contributed by atoms with E-state index in [1.807, 2.05) is 97.9 Å². The molecule has 162 valence electrons. The van der Waals surface area contributed by atoms with Gasteiger partial charge in [0.15, 0.2) is 0 Å². The first-order chi connectivity index (χ1) is 15.6. The molecule has 2 amide bonds.